The molecule has 2 unspecified atom stereocenters. The van der Waals surface area contributed by atoms with Crippen molar-refractivity contribution < 1.29 is 0 Å². The van der Waals surface area contributed by atoms with E-state index in [4.69, 9.17) is 0 Å². The van der Waals surface area contributed by atoms with Crippen LogP contribution < -0.4 is 10.6 Å². The summed E-state index contributed by atoms with van der Waals surface area (Å²) in [5.41, 5.74) is 0. The molecule has 0 spiro atoms. The van der Waals surface area contributed by atoms with Crippen molar-refractivity contribution in [1.29, 1.82) is 0 Å². The second kappa shape index (κ2) is 9.46. The predicted octanol–water partition coefficient (Wildman–Crippen LogP) is 1.70. The van der Waals surface area contributed by atoms with Crippen LogP contribution in [-0.2, 0) is 6.54 Å². The summed E-state index contributed by atoms with van der Waals surface area (Å²) in [6.07, 6.45) is 3.84. The average molecular weight is 434 g/mol. The van der Waals surface area contributed by atoms with Gasteiger partial charge in [-0.25, -0.2) is 4.98 Å². The maximum Gasteiger partial charge on any atom is 0.191 e. The van der Waals surface area contributed by atoms with E-state index in [9.17, 15) is 0 Å². The molecule has 0 bridgehead atoms. The molecule has 7 heteroatoms. The summed E-state index contributed by atoms with van der Waals surface area (Å²) >= 11 is 0. The van der Waals surface area contributed by atoms with Gasteiger partial charge in [0.05, 0.1) is 0 Å². The van der Waals surface area contributed by atoms with Crippen molar-refractivity contribution >= 4 is 29.9 Å². The molecule has 1 saturated heterocycles. The number of hydrogen-bond donors (Lipinski definition) is 2. The standard InChI is InChI=1S/C16H30N6.HI/c1-12(2)22-10-13(3)15(11-22)20-16(17-5)19-7-9-21-8-6-18-14(21)4;/h6,8,12-13,15H,7,9-11H2,1-5H3,(H2,17,19,20);1H. The van der Waals surface area contributed by atoms with Crippen LogP contribution in [0.5, 0.6) is 0 Å². The minimum Gasteiger partial charge on any atom is -0.355 e. The van der Waals surface area contributed by atoms with Crippen molar-refractivity contribution in [3.05, 3.63) is 18.2 Å². The van der Waals surface area contributed by atoms with Crippen LogP contribution in [0, 0.1) is 12.8 Å². The van der Waals surface area contributed by atoms with Crippen LogP contribution in [0.2, 0.25) is 0 Å². The molecule has 2 heterocycles. The monoisotopic (exact) mass is 434 g/mol. The lowest BCUT2D eigenvalue weighted by atomic mass is 10.1. The fourth-order valence-electron chi connectivity index (χ4n) is 2.92. The third kappa shape index (κ3) is 5.63. The minimum absolute atomic E-state index is 0. The van der Waals surface area contributed by atoms with E-state index in [0.29, 0.717) is 18.0 Å². The Balaban J connectivity index is 0.00000264. The Morgan fingerprint density at radius 2 is 2.17 bits per heavy atom. The van der Waals surface area contributed by atoms with E-state index in [1.54, 1.807) is 0 Å². The molecule has 1 aromatic rings. The zero-order valence-electron chi connectivity index (χ0n) is 14.9. The summed E-state index contributed by atoms with van der Waals surface area (Å²) in [4.78, 5) is 11.1. The van der Waals surface area contributed by atoms with Gasteiger partial charge in [0, 0.05) is 57.7 Å². The van der Waals surface area contributed by atoms with Crippen LogP contribution >= 0.6 is 24.0 Å². The molecule has 0 aromatic carbocycles. The van der Waals surface area contributed by atoms with E-state index in [0.717, 1.165) is 38.0 Å². The number of nitrogens with one attached hydrogen (secondary N) is 2. The molecule has 1 aliphatic heterocycles. The highest BCUT2D eigenvalue weighted by atomic mass is 127. The van der Waals surface area contributed by atoms with Gasteiger partial charge >= 0.3 is 0 Å². The van der Waals surface area contributed by atoms with Crippen LogP contribution in [0.15, 0.2) is 17.4 Å². The Morgan fingerprint density at radius 1 is 1.43 bits per heavy atom. The van der Waals surface area contributed by atoms with Crippen molar-refractivity contribution in [2.75, 3.05) is 26.7 Å². The van der Waals surface area contributed by atoms with E-state index < -0.39 is 0 Å². The summed E-state index contributed by atoms with van der Waals surface area (Å²) in [5.74, 6) is 2.57. The van der Waals surface area contributed by atoms with Gasteiger partial charge in [-0.3, -0.25) is 9.89 Å². The van der Waals surface area contributed by atoms with Gasteiger partial charge < -0.3 is 15.2 Å². The lowest BCUT2D eigenvalue weighted by Crippen LogP contribution is -2.47. The van der Waals surface area contributed by atoms with Gasteiger partial charge in [-0.1, -0.05) is 6.92 Å². The second-order valence-electron chi connectivity index (χ2n) is 6.44. The third-order valence-electron chi connectivity index (χ3n) is 4.49. The van der Waals surface area contributed by atoms with Crippen LogP contribution in [0.1, 0.15) is 26.6 Å². The maximum absolute atomic E-state index is 4.35. The van der Waals surface area contributed by atoms with Crippen LogP contribution in [0.4, 0.5) is 0 Å². The highest BCUT2D eigenvalue weighted by molar-refractivity contribution is 14.0. The molecule has 23 heavy (non-hydrogen) atoms. The lowest BCUT2D eigenvalue weighted by molar-refractivity contribution is 0.265. The number of likely N-dealkylation sites (tertiary alicyclic amines) is 1. The Bertz CT molecular complexity index is 499. The molecular formula is C16H31IN6. The van der Waals surface area contributed by atoms with Crippen molar-refractivity contribution in [2.45, 2.75) is 46.3 Å². The summed E-state index contributed by atoms with van der Waals surface area (Å²) in [7, 11) is 1.83. The van der Waals surface area contributed by atoms with Crippen molar-refractivity contribution in [2.24, 2.45) is 10.9 Å². The molecular weight excluding hydrogens is 403 g/mol. The largest absolute Gasteiger partial charge is 0.355 e. The van der Waals surface area contributed by atoms with Crippen LogP contribution in [-0.4, -0.2) is 59.2 Å². The molecule has 1 aliphatic rings. The van der Waals surface area contributed by atoms with Gasteiger partial charge in [0.1, 0.15) is 5.82 Å². The molecule has 2 N–H and O–H groups in total. The van der Waals surface area contributed by atoms with E-state index in [1.807, 2.05) is 26.4 Å². The minimum atomic E-state index is 0. The second-order valence-corrected chi connectivity index (χ2v) is 6.44. The van der Waals surface area contributed by atoms with Crippen molar-refractivity contribution in [3.8, 4) is 0 Å². The SMILES string of the molecule is CN=C(NCCn1ccnc1C)NC1CN(C(C)C)CC1C.I. The van der Waals surface area contributed by atoms with Crippen molar-refractivity contribution in [3.63, 3.8) is 0 Å². The predicted molar refractivity (Wildman–Crippen MR) is 107 cm³/mol. The number of hydrogen-bond acceptors (Lipinski definition) is 3. The maximum atomic E-state index is 4.35. The molecule has 2 rings (SSSR count). The number of aromatic nitrogens is 2. The molecule has 0 amide bonds. The first-order valence-corrected chi connectivity index (χ1v) is 8.20. The van der Waals surface area contributed by atoms with Gasteiger partial charge in [-0.05, 0) is 26.7 Å². The third-order valence-corrected chi connectivity index (χ3v) is 4.49. The smallest absolute Gasteiger partial charge is 0.191 e. The fraction of sp³-hybridized carbons (Fsp3) is 0.750. The van der Waals surface area contributed by atoms with Gasteiger partial charge in [0.2, 0.25) is 0 Å². The zero-order chi connectivity index (χ0) is 16.1. The molecule has 6 nitrogen and oxygen atoms in total. The molecule has 0 aliphatic carbocycles. The Labute approximate surface area is 157 Å². The summed E-state index contributed by atoms with van der Waals surface area (Å²) < 4.78 is 2.14. The fourth-order valence-corrected chi connectivity index (χ4v) is 2.92. The summed E-state index contributed by atoms with van der Waals surface area (Å²) in [6.45, 7) is 12.8. The first kappa shape index (κ1) is 20.2. The average Bonchev–Trinajstić information content (AvgIpc) is 3.05. The highest BCUT2D eigenvalue weighted by Gasteiger charge is 2.31. The van der Waals surface area contributed by atoms with Gasteiger partial charge in [-0.2, -0.15) is 0 Å². The van der Waals surface area contributed by atoms with Gasteiger partial charge in [-0.15, -0.1) is 24.0 Å². The molecule has 0 saturated carbocycles. The van der Waals surface area contributed by atoms with E-state index in [2.05, 4.69) is 50.8 Å². The zero-order valence-corrected chi connectivity index (χ0v) is 17.2. The number of imidazole rings is 1. The number of nitrogens with zero attached hydrogens (tertiary/aromatic N) is 4. The number of halogens is 1. The molecule has 1 aromatic heterocycles. The summed E-state index contributed by atoms with van der Waals surface area (Å²) in [6, 6.07) is 1.07. The first-order chi connectivity index (χ1) is 10.5. The Kier molecular flexibility index (Phi) is 8.32. The molecule has 1 fully saturated rings. The highest BCUT2D eigenvalue weighted by Crippen LogP contribution is 2.18. The van der Waals surface area contributed by atoms with E-state index >= 15 is 0 Å². The summed E-state index contributed by atoms with van der Waals surface area (Å²) in [5, 5.41) is 6.97. The van der Waals surface area contributed by atoms with E-state index in [-0.39, 0.29) is 24.0 Å². The first-order valence-electron chi connectivity index (χ1n) is 8.20. The van der Waals surface area contributed by atoms with Gasteiger partial charge in [0.15, 0.2) is 5.96 Å². The Hall–Kier alpha value is -0.830. The number of guanidine groups is 1. The quantitative estimate of drug-likeness (QED) is 0.421. The van der Waals surface area contributed by atoms with Crippen molar-refractivity contribution in [1.82, 2.24) is 25.1 Å². The normalized spacial score (nSPS) is 22.3. The number of aryl methyl sites for hydroxylation is 1. The lowest BCUT2D eigenvalue weighted by Gasteiger charge is -2.22. The van der Waals surface area contributed by atoms with Crippen LogP contribution in [0.25, 0.3) is 0 Å². The molecule has 132 valence electrons. The van der Waals surface area contributed by atoms with E-state index in [1.165, 1.54) is 0 Å². The topological polar surface area (TPSA) is 57.5 Å². The van der Waals surface area contributed by atoms with Gasteiger partial charge in [0.25, 0.3) is 0 Å². The Morgan fingerprint density at radius 3 is 2.70 bits per heavy atom. The van der Waals surface area contributed by atoms with Crippen LogP contribution in [0.3, 0.4) is 0 Å². The molecule has 2 atom stereocenters. The number of rotatable bonds is 5. The number of aliphatic imine (C=N–C) groups is 1. The molecule has 0 radical (unpaired) electrons.